The third-order valence-electron chi connectivity index (χ3n) is 4.11. The first-order valence-corrected chi connectivity index (χ1v) is 6.67. The van der Waals surface area contributed by atoms with Crippen molar-refractivity contribution in [1.82, 2.24) is 10.6 Å². The normalized spacial score (nSPS) is 24.6. The van der Waals surface area contributed by atoms with E-state index in [-0.39, 0.29) is 5.91 Å². The Kier molecular flexibility index (Phi) is 4.73. The smallest absolute Gasteiger partial charge is 0.329 e. The largest absolute Gasteiger partial charge is 0.480 e. The zero-order valence-electron chi connectivity index (χ0n) is 11.5. The van der Waals surface area contributed by atoms with Crippen molar-refractivity contribution in [3.05, 3.63) is 0 Å². The SMILES string of the molecule is CCC(CC)(NC(=O)C1(C)CCCNC1)C(=O)O. The summed E-state index contributed by atoms with van der Waals surface area (Å²) in [5.74, 6) is -1.10. The highest BCUT2D eigenvalue weighted by Crippen LogP contribution is 2.27. The second-order valence-electron chi connectivity index (χ2n) is 5.39. The van der Waals surface area contributed by atoms with Crippen LogP contribution in [0.5, 0.6) is 0 Å². The molecule has 1 atom stereocenters. The van der Waals surface area contributed by atoms with Crippen LogP contribution < -0.4 is 10.6 Å². The Bertz CT molecular complexity index is 318. The maximum absolute atomic E-state index is 12.3. The monoisotopic (exact) mass is 256 g/mol. The third-order valence-corrected chi connectivity index (χ3v) is 4.11. The molecule has 0 radical (unpaired) electrons. The van der Waals surface area contributed by atoms with Crippen molar-refractivity contribution in [2.75, 3.05) is 13.1 Å². The molecule has 0 bridgehead atoms. The molecule has 0 saturated carbocycles. The van der Waals surface area contributed by atoms with Crippen molar-refractivity contribution >= 4 is 11.9 Å². The van der Waals surface area contributed by atoms with Gasteiger partial charge in [0.1, 0.15) is 5.54 Å². The maximum Gasteiger partial charge on any atom is 0.329 e. The summed E-state index contributed by atoms with van der Waals surface area (Å²) < 4.78 is 0. The Morgan fingerprint density at radius 1 is 1.39 bits per heavy atom. The predicted octanol–water partition coefficient (Wildman–Crippen LogP) is 1.14. The summed E-state index contributed by atoms with van der Waals surface area (Å²) in [4.78, 5) is 23.7. The van der Waals surface area contributed by atoms with E-state index >= 15 is 0 Å². The minimum Gasteiger partial charge on any atom is -0.480 e. The van der Waals surface area contributed by atoms with Crippen LogP contribution in [0.3, 0.4) is 0 Å². The number of carboxylic acids is 1. The number of piperidine rings is 1. The molecule has 104 valence electrons. The molecule has 18 heavy (non-hydrogen) atoms. The van der Waals surface area contributed by atoms with Gasteiger partial charge in [-0.3, -0.25) is 4.79 Å². The highest BCUT2D eigenvalue weighted by molar-refractivity contribution is 5.90. The second-order valence-corrected chi connectivity index (χ2v) is 5.39. The molecule has 0 spiro atoms. The van der Waals surface area contributed by atoms with Gasteiger partial charge in [-0.25, -0.2) is 4.79 Å². The number of carbonyl (C=O) groups is 2. The molecule has 0 aromatic rings. The van der Waals surface area contributed by atoms with Crippen molar-refractivity contribution in [1.29, 1.82) is 0 Å². The first kappa shape index (κ1) is 15.0. The molecular weight excluding hydrogens is 232 g/mol. The van der Waals surface area contributed by atoms with E-state index in [1.54, 1.807) is 13.8 Å². The average Bonchev–Trinajstić information content (AvgIpc) is 2.36. The molecule has 0 aliphatic carbocycles. The summed E-state index contributed by atoms with van der Waals surface area (Å²) in [6, 6.07) is 0. The molecule has 0 aromatic carbocycles. The van der Waals surface area contributed by atoms with Crippen molar-refractivity contribution in [3.63, 3.8) is 0 Å². The highest BCUT2D eigenvalue weighted by atomic mass is 16.4. The number of rotatable bonds is 5. The average molecular weight is 256 g/mol. The van der Waals surface area contributed by atoms with Gasteiger partial charge in [0, 0.05) is 6.54 Å². The Hall–Kier alpha value is -1.10. The van der Waals surface area contributed by atoms with Crippen LogP contribution in [0.4, 0.5) is 0 Å². The lowest BCUT2D eigenvalue weighted by Gasteiger charge is -2.37. The number of carbonyl (C=O) groups excluding carboxylic acids is 1. The van der Waals surface area contributed by atoms with Gasteiger partial charge in [-0.1, -0.05) is 13.8 Å². The Morgan fingerprint density at radius 2 is 2.00 bits per heavy atom. The van der Waals surface area contributed by atoms with E-state index in [1.165, 1.54) is 0 Å². The number of amides is 1. The molecule has 1 heterocycles. The van der Waals surface area contributed by atoms with Gasteiger partial charge < -0.3 is 15.7 Å². The van der Waals surface area contributed by atoms with E-state index in [4.69, 9.17) is 0 Å². The van der Waals surface area contributed by atoms with E-state index in [2.05, 4.69) is 10.6 Å². The van der Waals surface area contributed by atoms with E-state index in [0.717, 1.165) is 19.4 Å². The molecular formula is C13H24N2O3. The first-order chi connectivity index (χ1) is 8.40. The van der Waals surface area contributed by atoms with Gasteiger partial charge in [-0.05, 0) is 39.2 Å². The highest BCUT2D eigenvalue weighted by Gasteiger charge is 2.42. The van der Waals surface area contributed by atoms with Gasteiger partial charge in [0.2, 0.25) is 5.91 Å². The number of nitrogens with one attached hydrogen (secondary N) is 2. The van der Waals surface area contributed by atoms with Crippen molar-refractivity contribution in [3.8, 4) is 0 Å². The lowest BCUT2D eigenvalue weighted by Crippen LogP contribution is -2.59. The molecule has 5 heteroatoms. The Balaban J connectivity index is 2.81. The van der Waals surface area contributed by atoms with E-state index in [0.29, 0.717) is 19.4 Å². The number of hydrogen-bond donors (Lipinski definition) is 3. The number of carboxylic acid groups (broad SMARTS) is 1. The van der Waals surface area contributed by atoms with Crippen molar-refractivity contribution < 1.29 is 14.7 Å². The van der Waals surface area contributed by atoms with Gasteiger partial charge >= 0.3 is 5.97 Å². The van der Waals surface area contributed by atoms with Gasteiger partial charge in [0.05, 0.1) is 5.41 Å². The van der Waals surface area contributed by atoms with Crippen LogP contribution in [-0.2, 0) is 9.59 Å². The molecule has 1 unspecified atom stereocenters. The standard InChI is InChI=1S/C13H24N2O3/c1-4-13(5-2,11(17)18)15-10(16)12(3)7-6-8-14-9-12/h14H,4-9H2,1-3H3,(H,15,16)(H,17,18). The van der Waals surface area contributed by atoms with Crippen LogP contribution in [0.2, 0.25) is 0 Å². The summed E-state index contributed by atoms with van der Waals surface area (Å²) in [6.07, 6.45) is 2.54. The fourth-order valence-corrected chi connectivity index (χ4v) is 2.40. The molecule has 1 aliphatic heterocycles. The summed E-state index contributed by atoms with van der Waals surface area (Å²) >= 11 is 0. The zero-order valence-corrected chi connectivity index (χ0v) is 11.5. The number of aliphatic carboxylic acids is 1. The Morgan fingerprint density at radius 3 is 2.39 bits per heavy atom. The van der Waals surface area contributed by atoms with Crippen molar-refractivity contribution in [2.24, 2.45) is 5.41 Å². The molecule has 1 rings (SSSR count). The Labute approximate surface area is 108 Å². The fraction of sp³-hybridized carbons (Fsp3) is 0.846. The summed E-state index contributed by atoms with van der Waals surface area (Å²) in [5, 5.41) is 15.3. The van der Waals surface area contributed by atoms with Gasteiger partial charge in [-0.2, -0.15) is 0 Å². The van der Waals surface area contributed by atoms with Gasteiger partial charge in [0.25, 0.3) is 0 Å². The third kappa shape index (κ3) is 2.83. The molecule has 1 aliphatic rings. The van der Waals surface area contributed by atoms with Crippen molar-refractivity contribution in [2.45, 2.75) is 52.0 Å². The van der Waals surface area contributed by atoms with Crippen LogP contribution in [0.15, 0.2) is 0 Å². The first-order valence-electron chi connectivity index (χ1n) is 6.67. The van der Waals surface area contributed by atoms with E-state index in [1.807, 2.05) is 6.92 Å². The summed E-state index contributed by atoms with van der Waals surface area (Å²) in [7, 11) is 0. The van der Waals surface area contributed by atoms with Crippen LogP contribution in [0.1, 0.15) is 46.5 Å². The van der Waals surface area contributed by atoms with E-state index < -0.39 is 16.9 Å². The maximum atomic E-state index is 12.3. The molecule has 1 fully saturated rings. The van der Waals surface area contributed by atoms with Gasteiger partial charge in [-0.15, -0.1) is 0 Å². The molecule has 5 nitrogen and oxygen atoms in total. The fourth-order valence-electron chi connectivity index (χ4n) is 2.40. The second kappa shape index (κ2) is 5.69. The minimum atomic E-state index is -1.13. The van der Waals surface area contributed by atoms with Crippen LogP contribution in [-0.4, -0.2) is 35.6 Å². The zero-order chi connectivity index (χ0) is 13.8. The summed E-state index contributed by atoms with van der Waals surface area (Å²) in [5.41, 5.74) is -1.62. The molecule has 3 N–H and O–H groups in total. The molecule has 0 aromatic heterocycles. The van der Waals surface area contributed by atoms with Crippen LogP contribution in [0.25, 0.3) is 0 Å². The van der Waals surface area contributed by atoms with Crippen LogP contribution in [0, 0.1) is 5.41 Å². The molecule has 1 saturated heterocycles. The van der Waals surface area contributed by atoms with Gasteiger partial charge in [0.15, 0.2) is 0 Å². The summed E-state index contributed by atoms with van der Waals surface area (Å²) in [6.45, 7) is 7.02. The molecule has 1 amide bonds. The number of hydrogen-bond acceptors (Lipinski definition) is 3. The topological polar surface area (TPSA) is 78.4 Å². The lowest BCUT2D eigenvalue weighted by atomic mass is 9.80. The minimum absolute atomic E-state index is 0.152. The van der Waals surface area contributed by atoms with Crippen LogP contribution >= 0.6 is 0 Å². The predicted molar refractivity (Wildman–Crippen MR) is 69.3 cm³/mol. The lowest BCUT2D eigenvalue weighted by molar-refractivity contribution is -0.150. The van der Waals surface area contributed by atoms with E-state index in [9.17, 15) is 14.7 Å². The quantitative estimate of drug-likeness (QED) is 0.689.